The Labute approximate surface area is 158 Å². The number of fused-ring (bicyclic) bond motifs is 1. The molecule has 1 aromatic carbocycles. The van der Waals surface area contributed by atoms with Crippen LogP contribution in [0.25, 0.3) is 0 Å². The zero-order valence-corrected chi connectivity index (χ0v) is 15.7. The number of likely N-dealkylation sites (tertiary alicyclic amines) is 1. The van der Waals surface area contributed by atoms with Gasteiger partial charge < -0.3 is 14.5 Å². The van der Waals surface area contributed by atoms with Gasteiger partial charge in [-0.15, -0.1) is 0 Å². The molecule has 1 saturated heterocycles. The Bertz CT molecular complexity index is 882. The van der Waals surface area contributed by atoms with Gasteiger partial charge in [-0.2, -0.15) is 0 Å². The maximum Gasteiger partial charge on any atom is 0.253 e. The molecule has 1 unspecified atom stereocenters. The van der Waals surface area contributed by atoms with Crippen LogP contribution in [0, 0.1) is 5.41 Å². The minimum atomic E-state index is -0.423. The fourth-order valence-corrected chi connectivity index (χ4v) is 4.02. The number of nitrogens with zero attached hydrogens (tertiary/aromatic N) is 2. The van der Waals surface area contributed by atoms with E-state index in [1.807, 2.05) is 12.1 Å². The highest BCUT2D eigenvalue weighted by Crippen LogP contribution is 2.36. The molecule has 1 fully saturated rings. The van der Waals surface area contributed by atoms with Crippen molar-refractivity contribution in [2.45, 2.75) is 45.6 Å². The normalized spacial score (nSPS) is 21.4. The van der Waals surface area contributed by atoms with Crippen molar-refractivity contribution in [3.8, 4) is 0 Å². The molecule has 6 nitrogen and oxygen atoms in total. The minimum absolute atomic E-state index is 0.0625. The number of aromatic nitrogens is 1. The van der Waals surface area contributed by atoms with Crippen LogP contribution in [0.1, 0.15) is 64.4 Å². The van der Waals surface area contributed by atoms with Crippen molar-refractivity contribution in [1.82, 2.24) is 10.1 Å². The summed E-state index contributed by atoms with van der Waals surface area (Å²) in [5.41, 5.74) is 2.88. The SMILES string of the molecule is CC1(C)CC(=O)c2c(noc2Cc2ccc(C(=O)N3CCC(O)C3)cc2)C1. The molecule has 0 saturated carbocycles. The number of carbonyl (C=O) groups is 2. The number of β-amino-alcohol motifs (C(OH)–C–C–N with tert-alkyl or cyclic N) is 1. The molecule has 1 aliphatic carbocycles. The number of ketones is 1. The molecule has 2 aliphatic rings. The first-order chi connectivity index (χ1) is 12.8. The molecule has 1 aromatic heterocycles. The predicted octanol–water partition coefficient (Wildman–Crippen LogP) is 2.63. The summed E-state index contributed by atoms with van der Waals surface area (Å²) in [7, 11) is 0. The van der Waals surface area contributed by atoms with Crippen molar-refractivity contribution >= 4 is 11.7 Å². The van der Waals surface area contributed by atoms with Crippen LogP contribution in [0.5, 0.6) is 0 Å². The van der Waals surface area contributed by atoms with E-state index < -0.39 is 6.10 Å². The monoisotopic (exact) mass is 368 g/mol. The van der Waals surface area contributed by atoms with Crippen molar-refractivity contribution < 1.29 is 19.2 Å². The maximum atomic E-state index is 12.5. The van der Waals surface area contributed by atoms with Gasteiger partial charge in [0.25, 0.3) is 5.91 Å². The second kappa shape index (κ2) is 6.60. The highest BCUT2D eigenvalue weighted by molar-refractivity contribution is 5.99. The molecule has 6 heteroatoms. The van der Waals surface area contributed by atoms with E-state index in [0.717, 1.165) is 17.7 Å². The third-order valence-electron chi connectivity index (χ3n) is 5.41. The van der Waals surface area contributed by atoms with Gasteiger partial charge in [-0.3, -0.25) is 9.59 Å². The average Bonchev–Trinajstić information content (AvgIpc) is 3.20. The number of hydrogen-bond donors (Lipinski definition) is 1. The first-order valence-corrected chi connectivity index (χ1v) is 9.39. The van der Waals surface area contributed by atoms with E-state index in [0.29, 0.717) is 49.2 Å². The summed E-state index contributed by atoms with van der Waals surface area (Å²) in [5, 5.41) is 13.7. The summed E-state index contributed by atoms with van der Waals surface area (Å²) in [4.78, 5) is 26.7. The summed E-state index contributed by atoms with van der Waals surface area (Å²) in [6, 6.07) is 7.34. The standard InChI is InChI=1S/C21H24N2O4/c1-21(2)10-16-19(17(25)11-21)18(27-22-16)9-13-3-5-14(6-4-13)20(26)23-8-7-15(24)12-23/h3-6,15,24H,7-12H2,1-2H3. The lowest BCUT2D eigenvalue weighted by atomic mass is 9.75. The van der Waals surface area contributed by atoms with Gasteiger partial charge in [0, 0.05) is 31.5 Å². The van der Waals surface area contributed by atoms with Gasteiger partial charge in [-0.1, -0.05) is 31.1 Å². The molecule has 2 aromatic rings. The summed E-state index contributed by atoms with van der Waals surface area (Å²) in [6.45, 7) is 5.11. The molecular weight excluding hydrogens is 344 g/mol. The fraction of sp³-hybridized carbons (Fsp3) is 0.476. The van der Waals surface area contributed by atoms with E-state index in [9.17, 15) is 14.7 Å². The minimum Gasteiger partial charge on any atom is -0.391 e. The number of benzene rings is 1. The Balaban J connectivity index is 1.49. The molecule has 0 radical (unpaired) electrons. The lowest BCUT2D eigenvalue weighted by Crippen LogP contribution is -2.29. The summed E-state index contributed by atoms with van der Waals surface area (Å²) in [6.07, 6.45) is 1.93. The number of hydrogen-bond acceptors (Lipinski definition) is 5. The predicted molar refractivity (Wildman–Crippen MR) is 98.7 cm³/mol. The fourth-order valence-electron chi connectivity index (χ4n) is 4.02. The lowest BCUT2D eigenvalue weighted by molar-refractivity contribution is 0.0764. The highest BCUT2D eigenvalue weighted by atomic mass is 16.5. The van der Waals surface area contributed by atoms with Crippen LogP contribution >= 0.6 is 0 Å². The molecular formula is C21H24N2O4. The smallest absolute Gasteiger partial charge is 0.253 e. The van der Waals surface area contributed by atoms with Crippen molar-refractivity contribution in [2.24, 2.45) is 5.41 Å². The van der Waals surface area contributed by atoms with Crippen molar-refractivity contribution in [3.05, 3.63) is 52.4 Å². The molecule has 1 N–H and O–H groups in total. The first kappa shape index (κ1) is 17.9. The Morgan fingerprint density at radius 2 is 2.04 bits per heavy atom. The molecule has 1 amide bonds. The van der Waals surface area contributed by atoms with Crippen LogP contribution in [-0.2, 0) is 12.8 Å². The van der Waals surface area contributed by atoms with E-state index >= 15 is 0 Å². The Morgan fingerprint density at radius 3 is 2.70 bits per heavy atom. The summed E-state index contributed by atoms with van der Waals surface area (Å²) >= 11 is 0. The maximum absolute atomic E-state index is 12.5. The zero-order chi connectivity index (χ0) is 19.2. The number of aliphatic hydroxyl groups excluding tert-OH is 1. The molecule has 142 valence electrons. The Hall–Kier alpha value is -2.47. The molecule has 0 bridgehead atoms. The topological polar surface area (TPSA) is 83.6 Å². The van der Waals surface area contributed by atoms with Crippen molar-refractivity contribution in [3.63, 3.8) is 0 Å². The Kier molecular flexibility index (Phi) is 4.38. The van der Waals surface area contributed by atoms with Gasteiger partial charge in [-0.05, 0) is 36.0 Å². The summed E-state index contributed by atoms with van der Waals surface area (Å²) < 4.78 is 5.48. The van der Waals surface area contributed by atoms with E-state index in [2.05, 4.69) is 19.0 Å². The number of Topliss-reactive ketones (excluding diaryl/α,β-unsaturated/α-hetero) is 1. The van der Waals surface area contributed by atoms with E-state index in [1.165, 1.54) is 0 Å². The van der Waals surface area contributed by atoms with Crippen LogP contribution in [0.15, 0.2) is 28.8 Å². The van der Waals surface area contributed by atoms with Gasteiger partial charge in [0.05, 0.1) is 17.4 Å². The molecule has 0 spiro atoms. The quantitative estimate of drug-likeness (QED) is 0.900. The molecule has 2 heterocycles. The lowest BCUT2D eigenvalue weighted by Gasteiger charge is -2.26. The van der Waals surface area contributed by atoms with Crippen LogP contribution in [0.3, 0.4) is 0 Å². The molecule has 1 aliphatic heterocycles. The average molecular weight is 368 g/mol. The summed E-state index contributed by atoms with van der Waals surface area (Å²) in [5.74, 6) is 0.636. The molecule has 4 rings (SSSR count). The highest BCUT2D eigenvalue weighted by Gasteiger charge is 2.36. The van der Waals surface area contributed by atoms with Crippen molar-refractivity contribution in [1.29, 1.82) is 0 Å². The van der Waals surface area contributed by atoms with E-state index in [-0.39, 0.29) is 17.1 Å². The van der Waals surface area contributed by atoms with Gasteiger partial charge in [-0.25, -0.2) is 0 Å². The van der Waals surface area contributed by atoms with Crippen LogP contribution in [0.4, 0.5) is 0 Å². The van der Waals surface area contributed by atoms with Crippen LogP contribution in [0.2, 0.25) is 0 Å². The van der Waals surface area contributed by atoms with Crippen LogP contribution < -0.4 is 0 Å². The van der Waals surface area contributed by atoms with E-state index in [4.69, 9.17) is 4.52 Å². The largest absolute Gasteiger partial charge is 0.391 e. The number of amides is 1. The Morgan fingerprint density at radius 1 is 1.30 bits per heavy atom. The van der Waals surface area contributed by atoms with Gasteiger partial charge >= 0.3 is 0 Å². The van der Waals surface area contributed by atoms with E-state index in [1.54, 1.807) is 17.0 Å². The van der Waals surface area contributed by atoms with Gasteiger partial charge in [0.15, 0.2) is 11.5 Å². The second-order valence-electron chi connectivity index (χ2n) is 8.44. The second-order valence-corrected chi connectivity index (χ2v) is 8.44. The third kappa shape index (κ3) is 3.54. The zero-order valence-electron chi connectivity index (χ0n) is 15.7. The number of carbonyl (C=O) groups excluding carboxylic acids is 2. The number of rotatable bonds is 3. The first-order valence-electron chi connectivity index (χ1n) is 9.39. The third-order valence-corrected chi connectivity index (χ3v) is 5.41. The number of aliphatic hydroxyl groups is 1. The van der Waals surface area contributed by atoms with Gasteiger partial charge in [0.1, 0.15) is 0 Å². The molecule has 1 atom stereocenters. The molecule has 27 heavy (non-hydrogen) atoms. The van der Waals surface area contributed by atoms with Crippen molar-refractivity contribution in [2.75, 3.05) is 13.1 Å². The van der Waals surface area contributed by atoms with Gasteiger partial charge in [0.2, 0.25) is 0 Å². The van der Waals surface area contributed by atoms with Crippen LogP contribution in [-0.4, -0.2) is 46.0 Å².